The summed E-state index contributed by atoms with van der Waals surface area (Å²) in [5.41, 5.74) is 1.26. The Bertz CT molecular complexity index is 1180. The Morgan fingerprint density at radius 3 is 2.51 bits per heavy atom. The minimum absolute atomic E-state index is 0.103. The molecule has 3 aromatic rings. The van der Waals surface area contributed by atoms with Gasteiger partial charge < -0.3 is 23.9 Å². The van der Waals surface area contributed by atoms with Gasteiger partial charge in [-0.25, -0.2) is 0 Å². The maximum absolute atomic E-state index is 13.9. The Morgan fingerprint density at radius 1 is 1.09 bits per heavy atom. The van der Waals surface area contributed by atoms with Gasteiger partial charge in [-0.15, -0.1) is 0 Å². The van der Waals surface area contributed by atoms with Crippen molar-refractivity contribution in [3.05, 3.63) is 66.1 Å². The number of carbonyl (C=O) groups is 2. The third kappa shape index (κ3) is 4.47. The maximum atomic E-state index is 13.9. The van der Waals surface area contributed by atoms with Gasteiger partial charge in [-0.1, -0.05) is 31.4 Å². The number of nitrogens with zero attached hydrogens (tertiary/aromatic N) is 2. The van der Waals surface area contributed by atoms with Gasteiger partial charge in [-0.3, -0.25) is 9.59 Å². The molecule has 1 saturated carbocycles. The first-order chi connectivity index (χ1) is 17.0. The molecule has 1 fully saturated rings. The van der Waals surface area contributed by atoms with Crippen molar-refractivity contribution in [1.82, 2.24) is 14.8 Å². The maximum Gasteiger partial charge on any atom is 0.271 e. The van der Waals surface area contributed by atoms with Gasteiger partial charge in [-0.05, 0) is 68.7 Å². The van der Waals surface area contributed by atoms with E-state index in [0.717, 1.165) is 42.7 Å². The highest BCUT2D eigenvalue weighted by atomic mass is 16.5. The Kier molecular flexibility index (Phi) is 6.41. The number of rotatable bonds is 7. The number of benzene rings is 1. The van der Waals surface area contributed by atoms with E-state index in [4.69, 9.17) is 9.15 Å². The number of hydrogen-bond donors (Lipinski definition) is 1. The average molecular weight is 476 g/mol. The molecule has 0 bridgehead atoms. The number of fused-ring (bicyclic) bond motifs is 1. The molecule has 1 N–H and O–H groups in total. The second-order valence-corrected chi connectivity index (χ2v) is 9.72. The lowest BCUT2D eigenvalue weighted by Crippen LogP contribution is -2.64. The zero-order chi connectivity index (χ0) is 24.4. The summed E-state index contributed by atoms with van der Waals surface area (Å²) < 4.78 is 13.1. The molecule has 1 atom stereocenters. The summed E-state index contributed by atoms with van der Waals surface area (Å²) in [6.07, 6.45) is 7.06. The molecule has 0 saturated heterocycles. The molecule has 0 spiro atoms. The predicted octanol–water partition coefficient (Wildman–Crippen LogP) is 5.01. The summed E-state index contributed by atoms with van der Waals surface area (Å²) in [4.78, 5) is 29.4. The second kappa shape index (κ2) is 9.64. The standard InChI is InChI=1S/C28H33N3O4/c1-3-34-22-13-11-20(12-14-22)18-31-26(32)24-16-15-23(25-10-7-17-35-25)30(24)19-28(31,2)27(33)29-21-8-5-4-6-9-21/h7,10-17,21H,3-6,8-9,18-19H2,1-2H3,(H,29,33)/t28-/m1/s1. The van der Waals surface area contributed by atoms with Gasteiger partial charge in [-0.2, -0.15) is 0 Å². The van der Waals surface area contributed by atoms with E-state index in [0.29, 0.717) is 31.2 Å². The smallest absolute Gasteiger partial charge is 0.271 e. The minimum Gasteiger partial charge on any atom is -0.494 e. The summed E-state index contributed by atoms with van der Waals surface area (Å²) in [5, 5.41) is 3.28. The quantitative estimate of drug-likeness (QED) is 0.521. The van der Waals surface area contributed by atoms with Crippen LogP contribution in [0.2, 0.25) is 0 Å². The minimum atomic E-state index is -1.06. The number of carbonyl (C=O) groups excluding carboxylic acids is 2. The third-order valence-corrected chi connectivity index (χ3v) is 7.28. The lowest BCUT2D eigenvalue weighted by atomic mass is 9.91. The first-order valence-corrected chi connectivity index (χ1v) is 12.6. The van der Waals surface area contributed by atoms with Crippen LogP contribution in [0.25, 0.3) is 11.5 Å². The van der Waals surface area contributed by atoms with E-state index in [1.54, 1.807) is 11.2 Å². The molecule has 0 unspecified atom stereocenters. The van der Waals surface area contributed by atoms with Crippen LogP contribution in [0.3, 0.4) is 0 Å². The molecule has 2 aromatic heterocycles. The average Bonchev–Trinajstić information content (AvgIpc) is 3.53. The SMILES string of the molecule is CCOc1ccc(CN2C(=O)c3ccc(-c4ccco4)n3C[C@]2(C)C(=O)NC2CCCCC2)cc1. The van der Waals surface area contributed by atoms with Crippen LogP contribution in [0.4, 0.5) is 0 Å². The van der Waals surface area contributed by atoms with E-state index in [-0.39, 0.29) is 17.9 Å². The van der Waals surface area contributed by atoms with Crippen molar-refractivity contribution < 1.29 is 18.7 Å². The number of nitrogens with one attached hydrogen (secondary N) is 1. The summed E-state index contributed by atoms with van der Waals surface area (Å²) in [6.45, 7) is 5.11. The fourth-order valence-corrected chi connectivity index (χ4v) is 5.29. The van der Waals surface area contributed by atoms with E-state index in [1.807, 2.05) is 66.9 Å². The van der Waals surface area contributed by atoms with Crippen molar-refractivity contribution in [1.29, 1.82) is 0 Å². The summed E-state index contributed by atoms with van der Waals surface area (Å²) in [6, 6.07) is 15.3. The highest BCUT2D eigenvalue weighted by molar-refractivity contribution is 6.00. The topological polar surface area (TPSA) is 76.7 Å². The zero-order valence-corrected chi connectivity index (χ0v) is 20.5. The van der Waals surface area contributed by atoms with Crippen LogP contribution in [-0.2, 0) is 17.9 Å². The molecule has 5 rings (SSSR count). The van der Waals surface area contributed by atoms with Crippen LogP contribution in [0.15, 0.2) is 59.2 Å². The lowest BCUT2D eigenvalue weighted by Gasteiger charge is -2.45. The summed E-state index contributed by atoms with van der Waals surface area (Å²) in [7, 11) is 0. The van der Waals surface area contributed by atoms with Gasteiger partial charge in [0.05, 0.1) is 25.1 Å². The first kappa shape index (κ1) is 23.3. The predicted molar refractivity (Wildman–Crippen MR) is 133 cm³/mol. The number of ether oxygens (including phenoxy) is 1. The van der Waals surface area contributed by atoms with Crippen LogP contribution in [0.5, 0.6) is 5.75 Å². The van der Waals surface area contributed by atoms with Crippen molar-refractivity contribution in [3.8, 4) is 17.2 Å². The molecule has 1 aromatic carbocycles. The number of amides is 2. The zero-order valence-electron chi connectivity index (χ0n) is 20.5. The molecule has 2 amide bonds. The fraction of sp³-hybridized carbons (Fsp3) is 0.429. The lowest BCUT2D eigenvalue weighted by molar-refractivity contribution is -0.134. The molecular formula is C28H33N3O4. The van der Waals surface area contributed by atoms with Crippen LogP contribution >= 0.6 is 0 Å². The van der Waals surface area contributed by atoms with Crippen LogP contribution < -0.4 is 10.1 Å². The Hall–Kier alpha value is -3.48. The Labute approximate surface area is 206 Å². The molecule has 35 heavy (non-hydrogen) atoms. The normalized spacial score (nSPS) is 20.5. The van der Waals surface area contributed by atoms with Gasteiger partial charge in [0.15, 0.2) is 0 Å². The highest BCUT2D eigenvalue weighted by Gasteiger charge is 2.48. The van der Waals surface area contributed by atoms with Crippen molar-refractivity contribution >= 4 is 11.8 Å². The Balaban J connectivity index is 1.49. The molecule has 1 aliphatic heterocycles. The summed E-state index contributed by atoms with van der Waals surface area (Å²) >= 11 is 0. The Morgan fingerprint density at radius 2 is 1.83 bits per heavy atom. The third-order valence-electron chi connectivity index (χ3n) is 7.28. The molecule has 7 nitrogen and oxygen atoms in total. The fourth-order valence-electron chi connectivity index (χ4n) is 5.29. The molecule has 0 radical (unpaired) electrons. The van der Waals surface area contributed by atoms with Gasteiger partial charge >= 0.3 is 0 Å². The number of furan rings is 1. The molecule has 184 valence electrons. The van der Waals surface area contributed by atoms with Crippen LogP contribution in [0, 0.1) is 0 Å². The van der Waals surface area contributed by atoms with Gasteiger partial charge in [0.25, 0.3) is 5.91 Å². The summed E-state index contributed by atoms with van der Waals surface area (Å²) in [5.74, 6) is 1.20. The van der Waals surface area contributed by atoms with Gasteiger partial charge in [0, 0.05) is 12.6 Å². The number of aromatic nitrogens is 1. The van der Waals surface area contributed by atoms with Crippen LogP contribution in [-0.4, -0.2) is 39.5 Å². The van der Waals surface area contributed by atoms with Gasteiger partial charge in [0.1, 0.15) is 22.7 Å². The van der Waals surface area contributed by atoms with Crippen molar-refractivity contribution in [3.63, 3.8) is 0 Å². The van der Waals surface area contributed by atoms with E-state index < -0.39 is 5.54 Å². The molecular weight excluding hydrogens is 442 g/mol. The number of hydrogen-bond acceptors (Lipinski definition) is 4. The van der Waals surface area contributed by atoms with E-state index in [2.05, 4.69) is 5.32 Å². The van der Waals surface area contributed by atoms with Crippen molar-refractivity contribution in [2.75, 3.05) is 6.61 Å². The highest BCUT2D eigenvalue weighted by Crippen LogP contribution is 2.35. The molecule has 1 aliphatic carbocycles. The largest absolute Gasteiger partial charge is 0.494 e. The van der Waals surface area contributed by atoms with Crippen molar-refractivity contribution in [2.24, 2.45) is 0 Å². The molecule has 7 heteroatoms. The van der Waals surface area contributed by atoms with Crippen molar-refractivity contribution in [2.45, 2.75) is 70.6 Å². The van der Waals surface area contributed by atoms with Gasteiger partial charge in [0.2, 0.25) is 5.91 Å². The second-order valence-electron chi connectivity index (χ2n) is 9.72. The van der Waals surface area contributed by atoms with Crippen LogP contribution in [0.1, 0.15) is 62.0 Å². The van der Waals surface area contributed by atoms with E-state index >= 15 is 0 Å². The first-order valence-electron chi connectivity index (χ1n) is 12.6. The molecule has 2 aliphatic rings. The molecule has 3 heterocycles. The van der Waals surface area contributed by atoms with E-state index in [9.17, 15) is 9.59 Å². The van der Waals surface area contributed by atoms with E-state index in [1.165, 1.54) is 6.42 Å². The monoisotopic (exact) mass is 475 g/mol.